The molecule has 24 heavy (non-hydrogen) atoms. The van der Waals surface area contributed by atoms with Crippen molar-refractivity contribution in [2.24, 2.45) is 5.92 Å². The van der Waals surface area contributed by atoms with Crippen LogP contribution in [-0.4, -0.2) is 46.5 Å². The number of carbonyl (C=O) groups excluding carboxylic acids is 3. The molecule has 0 unspecified atom stereocenters. The third kappa shape index (κ3) is 5.00. The van der Waals surface area contributed by atoms with Crippen LogP contribution in [0.5, 0.6) is 0 Å². The van der Waals surface area contributed by atoms with E-state index in [1.54, 1.807) is 23.2 Å². The van der Waals surface area contributed by atoms with Crippen LogP contribution in [0.1, 0.15) is 44.1 Å². The monoisotopic (exact) mass is 336 g/mol. The summed E-state index contributed by atoms with van der Waals surface area (Å²) in [6, 6.07) is 3.31. The van der Waals surface area contributed by atoms with E-state index in [-0.39, 0.29) is 17.9 Å². The first kappa shape index (κ1) is 17.8. The molecule has 1 aromatic rings. The molecule has 0 atom stereocenters. The third-order valence-electron chi connectivity index (χ3n) is 3.66. The Morgan fingerprint density at radius 1 is 1.21 bits per heavy atom. The average molecular weight is 336 g/mol. The number of aromatic amines is 1. The van der Waals surface area contributed by atoms with Crippen LogP contribution in [0.25, 0.3) is 0 Å². The number of hydrogen-bond acceptors (Lipinski definition) is 4. The molecule has 0 saturated carbocycles. The second-order valence-electron chi connectivity index (χ2n) is 6.77. The standard InChI is InChI=1S/C16H24N4O4/c1-16(2,3)24-15(23)20-9-6-11(7-10-20)13(21)18-19-14(22)12-5-4-8-17-12/h4-5,8,11,17H,6-7,9-10H2,1-3H3,(H,18,21)(H,19,22). The van der Waals surface area contributed by atoms with E-state index < -0.39 is 11.5 Å². The Balaban J connectivity index is 1.74. The number of aromatic nitrogens is 1. The number of H-pyrrole nitrogens is 1. The molecule has 0 bridgehead atoms. The minimum atomic E-state index is -0.534. The van der Waals surface area contributed by atoms with Crippen LogP contribution in [0.3, 0.4) is 0 Å². The van der Waals surface area contributed by atoms with Gasteiger partial charge in [-0.2, -0.15) is 0 Å². The number of carbonyl (C=O) groups is 3. The zero-order valence-corrected chi connectivity index (χ0v) is 14.2. The Labute approximate surface area is 140 Å². The highest BCUT2D eigenvalue weighted by atomic mass is 16.6. The van der Waals surface area contributed by atoms with Gasteiger partial charge in [-0.3, -0.25) is 20.4 Å². The molecule has 3 amide bonds. The predicted molar refractivity (Wildman–Crippen MR) is 86.9 cm³/mol. The second-order valence-corrected chi connectivity index (χ2v) is 6.77. The second kappa shape index (κ2) is 7.37. The van der Waals surface area contributed by atoms with Gasteiger partial charge in [0.2, 0.25) is 5.91 Å². The van der Waals surface area contributed by atoms with Crippen LogP contribution in [0.4, 0.5) is 4.79 Å². The summed E-state index contributed by atoms with van der Waals surface area (Å²) in [5, 5.41) is 0. The Kier molecular flexibility index (Phi) is 5.48. The minimum Gasteiger partial charge on any atom is -0.444 e. The summed E-state index contributed by atoms with van der Waals surface area (Å²) in [6.45, 7) is 6.36. The van der Waals surface area contributed by atoms with Gasteiger partial charge in [0.25, 0.3) is 5.91 Å². The number of piperidine rings is 1. The Hall–Kier alpha value is -2.51. The van der Waals surface area contributed by atoms with Gasteiger partial charge in [-0.05, 0) is 45.7 Å². The Morgan fingerprint density at radius 2 is 1.88 bits per heavy atom. The van der Waals surface area contributed by atoms with E-state index in [0.29, 0.717) is 31.6 Å². The van der Waals surface area contributed by atoms with E-state index in [4.69, 9.17) is 4.74 Å². The number of rotatable bonds is 2. The lowest BCUT2D eigenvalue weighted by Gasteiger charge is -2.32. The lowest BCUT2D eigenvalue weighted by molar-refractivity contribution is -0.127. The largest absolute Gasteiger partial charge is 0.444 e. The SMILES string of the molecule is CC(C)(C)OC(=O)N1CCC(C(=O)NNC(=O)c2ccc[nH]2)CC1. The fraction of sp³-hybridized carbons (Fsp3) is 0.562. The smallest absolute Gasteiger partial charge is 0.410 e. The molecule has 1 saturated heterocycles. The molecule has 2 heterocycles. The van der Waals surface area contributed by atoms with Crippen LogP contribution in [-0.2, 0) is 9.53 Å². The molecular formula is C16H24N4O4. The van der Waals surface area contributed by atoms with Gasteiger partial charge in [0.15, 0.2) is 0 Å². The van der Waals surface area contributed by atoms with Crippen molar-refractivity contribution in [3.05, 3.63) is 24.0 Å². The van der Waals surface area contributed by atoms with Crippen molar-refractivity contribution in [1.82, 2.24) is 20.7 Å². The summed E-state index contributed by atoms with van der Waals surface area (Å²) in [7, 11) is 0. The first-order chi connectivity index (χ1) is 11.3. The molecule has 8 heteroatoms. The predicted octanol–water partition coefficient (Wildman–Crippen LogP) is 1.42. The summed E-state index contributed by atoms with van der Waals surface area (Å²) in [4.78, 5) is 40.2. The summed E-state index contributed by atoms with van der Waals surface area (Å²) >= 11 is 0. The van der Waals surface area contributed by atoms with Gasteiger partial charge in [0.05, 0.1) is 0 Å². The van der Waals surface area contributed by atoms with Gasteiger partial charge in [0, 0.05) is 25.2 Å². The van der Waals surface area contributed by atoms with Crippen LogP contribution >= 0.6 is 0 Å². The average Bonchev–Trinajstić information content (AvgIpc) is 3.05. The molecule has 1 aliphatic rings. The first-order valence-corrected chi connectivity index (χ1v) is 7.98. The van der Waals surface area contributed by atoms with E-state index in [1.807, 2.05) is 20.8 Å². The van der Waals surface area contributed by atoms with Crippen molar-refractivity contribution in [3.8, 4) is 0 Å². The molecule has 132 valence electrons. The fourth-order valence-electron chi connectivity index (χ4n) is 2.41. The summed E-state index contributed by atoms with van der Waals surface area (Å²) in [5.74, 6) is -0.897. The van der Waals surface area contributed by atoms with E-state index in [0.717, 1.165) is 0 Å². The van der Waals surface area contributed by atoms with Gasteiger partial charge in [-0.25, -0.2) is 4.79 Å². The topological polar surface area (TPSA) is 104 Å². The highest BCUT2D eigenvalue weighted by Crippen LogP contribution is 2.19. The van der Waals surface area contributed by atoms with Gasteiger partial charge in [-0.15, -0.1) is 0 Å². The number of nitrogens with one attached hydrogen (secondary N) is 3. The molecule has 0 spiro atoms. The van der Waals surface area contributed by atoms with E-state index >= 15 is 0 Å². The van der Waals surface area contributed by atoms with Gasteiger partial charge < -0.3 is 14.6 Å². The molecule has 1 aliphatic heterocycles. The molecule has 8 nitrogen and oxygen atoms in total. The van der Waals surface area contributed by atoms with Gasteiger partial charge in [-0.1, -0.05) is 0 Å². The first-order valence-electron chi connectivity index (χ1n) is 7.98. The van der Waals surface area contributed by atoms with Crippen LogP contribution < -0.4 is 10.9 Å². The van der Waals surface area contributed by atoms with E-state index in [9.17, 15) is 14.4 Å². The quantitative estimate of drug-likeness (QED) is 0.711. The maximum atomic E-state index is 12.1. The number of likely N-dealkylation sites (tertiary alicyclic amines) is 1. The number of ether oxygens (including phenoxy) is 1. The number of amides is 3. The molecular weight excluding hydrogens is 312 g/mol. The Bertz CT molecular complexity index is 584. The van der Waals surface area contributed by atoms with Crippen molar-refractivity contribution in [3.63, 3.8) is 0 Å². The normalized spacial score (nSPS) is 15.7. The summed E-state index contributed by atoms with van der Waals surface area (Å²) in [6.07, 6.45) is 2.33. The number of hydrazine groups is 1. The highest BCUT2D eigenvalue weighted by molar-refractivity contribution is 5.93. The molecule has 0 aromatic carbocycles. The van der Waals surface area contributed by atoms with Crippen LogP contribution in [0.2, 0.25) is 0 Å². The molecule has 0 aliphatic carbocycles. The number of nitrogens with zero attached hydrogens (tertiary/aromatic N) is 1. The minimum absolute atomic E-state index is 0.243. The Morgan fingerprint density at radius 3 is 2.42 bits per heavy atom. The third-order valence-corrected chi connectivity index (χ3v) is 3.66. The van der Waals surface area contributed by atoms with Crippen LogP contribution in [0, 0.1) is 5.92 Å². The van der Waals surface area contributed by atoms with Gasteiger partial charge in [0.1, 0.15) is 11.3 Å². The fourth-order valence-corrected chi connectivity index (χ4v) is 2.41. The molecule has 0 radical (unpaired) electrons. The van der Waals surface area contributed by atoms with Crippen LogP contribution in [0.15, 0.2) is 18.3 Å². The summed E-state index contributed by atoms with van der Waals surface area (Å²) < 4.78 is 5.32. The lowest BCUT2D eigenvalue weighted by atomic mass is 9.96. The molecule has 2 rings (SSSR count). The number of hydrogen-bond donors (Lipinski definition) is 3. The highest BCUT2D eigenvalue weighted by Gasteiger charge is 2.30. The zero-order chi connectivity index (χ0) is 17.7. The van der Waals surface area contributed by atoms with Crippen molar-refractivity contribution in [2.45, 2.75) is 39.2 Å². The van der Waals surface area contributed by atoms with Crippen molar-refractivity contribution < 1.29 is 19.1 Å². The van der Waals surface area contributed by atoms with Gasteiger partial charge >= 0.3 is 6.09 Å². The molecule has 1 aromatic heterocycles. The molecule has 1 fully saturated rings. The van der Waals surface area contributed by atoms with Crippen molar-refractivity contribution >= 4 is 17.9 Å². The maximum Gasteiger partial charge on any atom is 0.410 e. The maximum absolute atomic E-state index is 12.1. The van der Waals surface area contributed by atoms with Crippen molar-refractivity contribution in [1.29, 1.82) is 0 Å². The van der Waals surface area contributed by atoms with E-state index in [1.165, 1.54) is 0 Å². The zero-order valence-electron chi connectivity index (χ0n) is 14.2. The summed E-state index contributed by atoms with van der Waals surface area (Å²) in [5.41, 5.74) is 4.64. The molecule has 3 N–H and O–H groups in total. The van der Waals surface area contributed by atoms with E-state index in [2.05, 4.69) is 15.8 Å². The lowest BCUT2D eigenvalue weighted by Crippen LogP contribution is -2.48. The van der Waals surface area contributed by atoms with Crippen molar-refractivity contribution in [2.75, 3.05) is 13.1 Å².